The van der Waals surface area contributed by atoms with Gasteiger partial charge in [0.1, 0.15) is 0 Å². The highest BCUT2D eigenvalue weighted by molar-refractivity contribution is 5.27. The molecule has 108 valence electrons. The number of rotatable bonds is 6. The molecule has 1 aromatic rings. The van der Waals surface area contributed by atoms with Gasteiger partial charge in [-0.3, -0.25) is 0 Å². The van der Waals surface area contributed by atoms with Crippen LogP contribution in [-0.2, 0) is 12.0 Å². The fraction of sp³-hybridized carbons (Fsp3) is 0.647. The Morgan fingerprint density at radius 2 is 1.53 bits per heavy atom. The summed E-state index contributed by atoms with van der Waals surface area (Å²) in [6.45, 7) is 11.9. The Morgan fingerprint density at radius 1 is 1.00 bits per heavy atom. The molecule has 1 aromatic carbocycles. The van der Waals surface area contributed by atoms with Gasteiger partial charge < -0.3 is 10.4 Å². The fourth-order valence-electron chi connectivity index (χ4n) is 2.19. The average Bonchev–Trinajstić information content (AvgIpc) is 2.40. The molecule has 0 heterocycles. The van der Waals surface area contributed by atoms with Crippen molar-refractivity contribution in [3.05, 3.63) is 35.4 Å². The molecule has 0 aliphatic carbocycles. The average molecular weight is 263 g/mol. The van der Waals surface area contributed by atoms with Gasteiger partial charge in [-0.15, -0.1) is 0 Å². The second-order valence-corrected chi connectivity index (χ2v) is 6.45. The van der Waals surface area contributed by atoms with Crippen LogP contribution in [0.2, 0.25) is 0 Å². The summed E-state index contributed by atoms with van der Waals surface area (Å²) in [6, 6.07) is 8.77. The minimum absolute atomic E-state index is 0.136. The van der Waals surface area contributed by atoms with Crippen LogP contribution in [0, 0.1) is 0 Å². The van der Waals surface area contributed by atoms with Crippen molar-refractivity contribution in [3.63, 3.8) is 0 Å². The molecule has 1 rings (SSSR count). The molecule has 0 amide bonds. The Kier molecular flexibility index (Phi) is 5.57. The maximum atomic E-state index is 9.54. The molecule has 0 saturated heterocycles. The van der Waals surface area contributed by atoms with Crippen molar-refractivity contribution < 1.29 is 5.11 Å². The first-order valence-electron chi connectivity index (χ1n) is 7.32. The van der Waals surface area contributed by atoms with Gasteiger partial charge in [0.2, 0.25) is 0 Å². The van der Waals surface area contributed by atoms with Gasteiger partial charge in [-0.25, -0.2) is 0 Å². The Hall–Kier alpha value is -0.860. The zero-order chi connectivity index (χ0) is 14.5. The van der Waals surface area contributed by atoms with Crippen LogP contribution in [0.3, 0.4) is 0 Å². The molecule has 0 saturated carbocycles. The molecular weight excluding hydrogens is 234 g/mol. The quantitative estimate of drug-likeness (QED) is 0.821. The second-order valence-electron chi connectivity index (χ2n) is 6.45. The maximum Gasteiger partial charge on any atom is 0.0613 e. The number of nitrogens with one attached hydrogen (secondary N) is 1. The molecule has 0 aromatic heterocycles. The third-order valence-electron chi connectivity index (χ3n) is 4.14. The van der Waals surface area contributed by atoms with Gasteiger partial charge in [0.05, 0.1) is 6.61 Å². The summed E-state index contributed by atoms with van der Waals surface area (Å²) >= 11 is 0. The lowest BCUT2D eigenvalue weighted by Crippen LogP contribution is -2.47. The first-order valence-corrected chi connectivity index (χ1v) is 7.32. The third kappa shape index (κ3) is 4.32. The van der Waals surface area contributed by atoms with Crippen LogP contribution in [0.1, 0.15) is 58.6 Å². The van der Waals surface area contributed by atoms with E-state index in [-0.39, 0.29) is 17.6 Å². The van der Waals surface area contributed by atoms with Crippen LogP contribution < -0.4 is 5.32 Å². The number of hydrogen-bond donors (Lipinski definition) is 2. The zero-order valence-corrected chi connectivity index (χ0v) is 13.1. The Labute approximate surface area is 118 Å². The van der Waals surface area contributed by atoms with Gasteiger partial charge >= 0.3 is 0 Å². The van der Waals surface area contributed by atoms with Crippen molar-refractivity contribution in [1.29, 1.82) is 0 Å². The lowest BCUT2D eigenvalue weighted by Gasteiger charge is -2.31. The van der Waals surface area contributed by atoms with Crippen LogP contribution in [-0.4, -0.2) is 17.3 Å². The van der Waals surface area contributed by atoms with E-state index in [0.717, 1.165) is 19.4 Å². The molecule has 0 unspecified atom stereocenters. The van der Waals surface area contributed by atoms with Crippen molar-refractivity contribution in [2.24, 2.45) is 0 Å². The predicted octanol–water partition coefficient (Wildman–Crippen LogP) is 3.62. The summed E-state index contributed by atoms with van der Waals surface area (Å²) < 4.78 is 0. The number of hydrogen-bond acceptors (Lipinski definition) is 2. The van der Waals surface area contributed by atoms with Gasteiger partial charge in [0.15, 0.2) is 0 Å². The standard InChI is InChI=1S/C17H29NO/c1-6-17(7-2,13-19)18-12-14-8-10-15(11-9-14)16(3,4)5/h8-11,18-19H,6-7,12-13H2,1-5H3. The second kappa shape index (κ2) is 6.53. The highest BCUT2D eigenvalue weighted by atomic mass is 16.3. The summed E-state index contributed by atoms with van der Waals surface area (Å²) in [5.74, 6) is 0. The molecule has 0 aliphatic rings. The molecule has 0 spiro atoms. The summed E-state index contributed by atoms with van der Waals surface area (Å²) in [5.41, 5.74) is 2.69. The van der Waals surface area contributed by atoms with Crippen molar-refractivity contribution in [1.82, 2.24) is 5.32 Å². The topological polar surface area (TPSA) is 32.3 Å². The van der Waals surface area contributed by atoms with Crippen molar-refractivity contribution in [2.45, 2.75) is 65.0 Å². The molecule has 0 aliphatic heterocycles. The lowest BCUT2D eigenvalue weighted by molar-refractivity contribution is 0.149. The van der Waals surface area contributed by atoms with Crippen molar-refractivity contribution >= 4 is 0 Å². The SMILES string of the molecule is CCC(CC)(CO)NCc1ccc(C(C)(C)C)cc1. The van der Waals surface area contributed by atoms with Crippen LogP contribution in [0.25, 0.3) is 0 Å². The van der Waals surface area contributed by atoms with E-state index in [1.807, 2.05) is 0 Å². The van der Waals surface area contributed by atoms with E-state index in [1.54, 1.807) is 0 Å². The third-order valence-corrected chi connectivity index (χ3v) is 4.14. The summed E-state index contributed by atoms with van der Waals surface area (Å²) in [7, 11) is 0. The monoisotopic (exact) mass is 263 g/mol. The van der Waals surface area contributed by atoms with Gasteiger partial charge in [-0.2, -0.15) is 0 Å². The maximum absolute atomic E-state index is 9.54. The van der Waals surface area contributed by atoms with E-state index < -0.39 is 0 Å². The normalized spacial score (nSPS) is 12.7. The molecule has 2 heteroatoms. The largest absolute Gasteiger partial charge is 0.394 e. The molecule has 19 heavy (non-hydrogen) atoms. The van der Waals surface area contributed by atoms with Gasteiger partial charge in [-0.05, 0) is 29.4 Å². The molecule has 0 radical (unpaired) electrons. The molecule has 0 atom stereocenters. The molecule has 2 N–H and O–H groups in total. The summed E-state index contributed by atoms with van der Waals surface area (Å²) in [6.07, 6.45) is 1.89. The summed E-state index contributed by atoms with van der Waals surface area (Å²) in [5, 5.41) is 13.0. The first kappa shape index (κ1) is 16.2. The Morgan fingerprint density at radius 3 is 1.89 bits per heavy atom. The van der Waals surface area contributed by atoms with E-state index in [9.17, 15) is 5.11 Å². The summed E-state index contributed by atoms with van der Waals surface area (Å²) in [4.78, 5) is 0. The van der Waals surface area contributed by atoms with Gasteiger partial charge in [0, 0.05) is 12.1 Å². The molecule has 0 fully saturated rings. The van der Waals surface area contributed by atoms with E-state index in [4.69, 9.17) is 0 Å². The number of benzene rings is 1. The van der Waals surface area contributed by atoms with E-state index in [1.165, 1.54) is 11.1 Å². The molecule has 0 bridgehead atoms. The minimum Gasteiger partial charge on any atom is -0.394 e. The van der Waals surface area contributed by atoms with Gasteiger partial charge in [0.25, 0.3) is 0 Å². The first-order chi connectivity index (χ1) is 8.87. The fourth-order valence-corrected chi connectivity index (χ4v) is 2.19. The highest BCUT2D eigenvalue weighted by Crippen LogP contribution is 2.22. The van der Waals surface area contributed by atoms with Crippen molar-refractivity contribution in [3.8, 4) is 0 Å². The van der Waals surface area contributed by atoms with E-state index in [0.29, 0.717) is 0 Å². The predicted molar refractivity (Wildman–Crippen MR) is 82.4 cm³/mol. The van der Waals surface area contributed by atoms with Crippen LogP contribution in [0.5, 0.6) is 0 Å². The number of aliphatic hydroxyl groups excluding tert-OH is 1. The molecular formula is C17H29NO. The van der Waals surface area contributed by atoms with E-state index >= 15 is 0 Å². The highest BCUT2D eigenvalue weighted by Gasteiger charge is 2.24. The minimum atomic E-state index is -0.136. The van der Waals surface area contributed by atoms with E-state index in [2.05, 4.69) is 64.2 Å². The number of aliphatic hydroxyl groups is 1. The van der Waals surface area contributed by atoms with Crippen LogP contribution >= 0.6 is 0 Å². The Balaban J connectivity index is 2.69. The Bertz CT molecular complexity index is 363. The van der Waals surface area contributed by atoms with Crippen LogP contribution in [0.4, 0.5) is 0 Å². The molecule has 2 nitrogen and oxygen atoms in total. The van der Waals surface area contributed by atoms with Crippen molar-refractivity contribution in [2.75, 3.05) is 6.61 Å². The van der Waals surface area contributed by atoms with Crippen LogP contribution in [0.15, 0.2) is 24.3 Å². The van der Waals surface area contributed by atoms with Gasteiger partial charge in [-0.1, -0.05) is 58.9 Å². The zero-order valence-electron chi connectivity index (χ0n) is 13.1. The lowest BCUT2D eigenvalue weighted by atomic mass is 9.86. The smallest absolute Gasteiger partial charge is 0.0613 e.